The van der Waals surface area contributed by atoms with E-state index in [9.17, 15) is 5.11 Å². The highest BCUT2D eigenvalue weighted by atomic mass is 79.9. The standard InChI is InChI=1S/C18H21BrO2/c1-3-18(20,15-5-4-6-16(19)13-15)12-11-14-7-9-17(21-2)10-8-14/h4-10,13,20H,3,11-12H2,1-2H3. The van der Waals surface area contributed by atoms with Crippen molar-refractivity contribution in [1.82, 2.24) is 0 Å². The van der Waals surface area contributed by atoms with Gasteiger partial charge >= 0.3 is 0 Å². The predicted molar refractivity (Wildman–Crippen MR) is 89.6 cm³/mol. The smallest absolute Gasteiger partial charge is 0.118 e. The molecule has 1 N–H and O–H groups in total. The molecule has 112 valence electrons. The topological polar surface area (TPSA) is 29.5 Å². The van der Waals surface area contributed by atoms with E-state index < -0.39 is 5.60 Å². The molecule has 3 heteroatoms. The third-order valence-electron chi connectivity index (χ3n) is 3.93. The Morgan fingerprint density at radius 1 is 1.14 bits per heavy atom. The van der Waals surface area contributed by atoms with E-state index in [1.807, 2.05) is 43.3 Å². The number of aliphatic hydroxyl groups is 1. The first kappa shape index (κ1) is 16.1. The fraction of sp³-hybridized carbons (Fsp3) is 0.333. The molecule has 2 rings (SSSR count). The summed E-state index contributed by atoms with van der Waals surface area (Å²) in [5, 5.41) is 10.9. The maximum atomic E-state index is 10.9. The summed E-state index contributed by atoms with van der Waals surface area (Å²) in [5.41, 5.74) is 1.38. The van der Waals surface area contributed by atoms with Crippen molar-refractivity contribution < 1.29 is 9.84 Å². The van der Waals surface area contributed by atoms with Crippen molar-refractivity contribution in [2.45, 2.75) is 31.8 Å². The predicted octanol–water partition coefficient (Wildman–Crippen LogP) is 4.69. The summed E-state index contributed by atoms with van der Waals surface area (Å²) in [4.78, 5) is 0. The van der Waals surface area contributed by atoms with E-state index in [-0.39, 0.29) is 0 Å². The molecule has 0 bridgehead atoms. The Labute approximate surface area is 134 Å². The average molecular weight is 349 g/mol. The van der Waals surface area contributed by atoms with Crippen LogP contribution in [0.2, 0.25) is 0 Å². The summed E-state index contributed by atoms with van der Waals surface area (Å²) in [6.07, 6.45) is 2.23. The van der Waals surface area contributed by atoms with Gasteiger partial charge in [0.15, 0.2) is 0 Å². The molecule has 0 amide bonds. The summed E-state index contributed by atoms with van der Waals surface area (Å²) in [7, 11) is 1.66. The van der Waals surface area contributed by atoms with Gasteiger partial charge in [-0.1, -0.05) is 47.1 Å². The monoisotopic (exact) mass is 348 g/mol. The number of hydrogen-bond acceptors (Lipinski definition) is 2. The SMILES string of the molecule is CCC(O)(CCc1ccc(OC)cc1)c1cccc(Br)c1. The van der Waals surface area contributed by atoms with Crippen LogP contribution in [0.1, 0.15) is 30.9 Å². The number of rotatable bonds is 6. The molecular formula is C18H21BrO2. The molecule has 0 aliphatic heterocycles. The lowest BCUT2D eigenvalue weighted by Crippen LogP contribution is -2.25. The summed E-state index contributed by atoms with van der Waals surface area (Å²) in [6.45, 7) is 2.02. The molecule has 0 fully saturated rings. The largest absolute Gasteiger partial charge is 0.497 e. The van der Waals surface area contributed by atoms with Gasteiger partial charge < -0.3 is 9.84 Å². The fourth-order valence-electron chi connectivity index (χ4n) is 2.45. The Morgan fingerprint density at radius 3 is 2.43 bits per heavy atom. The quantitative estimate of drug-likeness (QED) is 0.820. The van der Waals surface area contributed by atoms with Crippen molar-refractivity contribution in [2.24, 2.45) is 0 Å². The molecule has 0 aromatic heterocycles. The van der Waals surface area contributed by atoms with Crippen molar-refractivity contribution in [3.8, 4) is 5.75 Å². The molecule has 0 saturated carbocycles. The minimum atomic E-state index is -0.788. The van der Waals surface area contributed by atoms with Crippen LogP contribution in [0.4, 0.5) is 0 Å². The van der Waals surface area contributed by atoms with E-state index in [1.165, 1.54) is 5.56 Å². The molecular weight excluding hydrogens is 328 g/mol. The Morgan fingerprint density at radius 2 is 1.86 bits per heavy atom. The lowest BCUT2D eigenvalue weighted by Gasteiger charge is -2.27. The van der Waals surface area contributed by atoms with Crippen LogP contribution in [0, 0.1) is 0 Å². The first-order chi connectivity index (χ1) is 10.1. The van der Waals surface area contributed by atoms with Crippen LogP contribution in [0.25, 0.3) is 0 Å². The molecule has 2 nitrogen and oxygen atoms in total. The van der Waals surface area contributed by atoms with Crippen LogP contribution in [0.3, 0.4) is 0 Å². The van der Waals surface area contributed by atoms with Gasteiger partial charge in [0.1, 0.15) is 5.75 Å². The van der Waals surface area contributed by atoms with Crippen LogP contribution >= 0.6 is 15.9 Å². The van der Waals surface area contributed by atoms with Crippen molar-refractivity contribution >= 4 is 15.9 Å². The Kier molecular flexibility index (Phi) is 5.43. The normalized spacial score (nSPS) is 13.7. The summed E-state index contributed by atoms with van der Waals surface area (Å²) in [6, 6.07) is 15.9. The van der Waals surface area contributed by atoms with Gasteiger partial charge in [-0.15, -0.1) is 0 Å². The molecule has 1 unspecified atom stereocenters. The van der Waals surface area contributed by atoms with Crippen LogP contribution in [-0.4, -0.2) is 12.2 Å². The van der Waals surface area contributed by atoms with Crippen LogP contribution in [0.15, 0.2) is 53.0 Å². The second-order valence-electron chi connectivity index (χ2n) is 5.24. The van der Waals surface area contributed by atoms with Crippen molar-refractivity contribution in [3.05, 3.63) is 64.1 Å². The Bertz CT molecular complexity index is 580. The lowest BCUT2D eigenvalue weighted by molar-refractivity contribution is 0.0236. The van der Waals surface area contributed by atoms with Crippen molar-refractivity contribution in [1.29, 1.82) is 0 Å². The zero-order valence-corrected chi connectivity index (χ0v) is 14.1. The highest BCUT2D eigenvalue weighted by Crippen LogP contribution is 2.31. The van der Waals surface area contributed by atoms with E-state index in [0.29, 0.717) is 12.8 Å². The summed E-state index contributed by atoms with van der Waals surface area (Å²) >= 11 is 3.47. The van der Waals surface area contributed by atoms with Gasteiger partial charge in [-0.05, 0) is 54.7 Å². The number of ether oxygens (including phenoxy) is 1. The van der Waals surface area contributed by atoms with E-state index in [0.717, 1.165) is 22.2 Å². The molecule has 21 heavy (non-hydrogen) atoms. The maximum Gasteiger partial charge on any atom is 0.118 e. The van der Waals surface area contributed by atoms with Crippen LogP contribution in [0.5, 0.6) is 5.75 Å². The van der Waals surface area contributed by atoms with Crippen LogP contribution < -0.4 is 4.74 Å². The number of aryl methyl sites for hydroxylation is 1. The first-order valence-electron chi connectivity index (χ1n) is 7.19. The highest BCUT2D eigenvalue weighted by Gasteiger charge is 2.26. The average Bonchev–Trinajstić information content (AvgIpc) is 2.53. The Balaban J connectivity index is 2.10. The zero-order chi connectivity index (χ0) is 15.3. The molecule has 0 spiro atoms. The number of benzene rings is 2. The van der Waals surface area contributed by atoms with E-state index >= 15 is 0 Å². The third-order valence-corrected chi connectivity index (χ3v) is 4.43. The second-order valence-corrected chi connectivity index (χ2v) is 6.16. The first-order valence-corrected chi connectivity index (χ1v) is 7.98. The van der Waals surface area contributed by atoms with Gasteiger partial charge in [-0.25, -0.2) is 0 Å². The van der Waals surface area contributed by atoms with Gasteiger partial charge in [0.25, 0.3) is 0 Å². The molecule has 2 aromatic carbocycles. The molecule has 0 heterocycles. The summed E-state index contributed by atoms with van der Waals surface area (Å²) in [5.74, 6) is 0.858. The second kappa shape index (κ2) is 7.10. The van der Waals surface area contributed by atoms with Crippen molar-refractivity contribution in [3.63, 3.8) is 0 Å². The van der Waals surface area contributed by atoms with Gasteiger partial charge in [-0.2, -0.15) is 0 Å². The number of halogens is 1. The fourth-order valence-corrected chi connectivity index (χ4v) is 2.85. The maximum absolute atomic E-state index is 10.9. The van der Waals surface area contributed by atoms with Gasteiger partial charge in [0.2, 0.25) is 0 Å². The molecule has 0 aliphatic carbocycles. The van der Waals surface area contributed by atoms with E-state index in [1.54, 1.807) is 7.11 Å². The van der Waals surface area contributed by atoms with Gasteiger partial charge in [0, 0.05) is 4.47 Å². The third kappa shape index (κ3) is 4.08. The minimum Gasteiger partial charge on any atom is -0.497 e. The molecule has 0 saturated heterocycles. The molecule has 1 atom stereocenters. The lowest BCUT2D eigenvalue weighted by atomic mass is 9.85. The Hall–Kier alpha value is -1.32. The molecule has 2 aromatic rings. The molecule has 0 aliphatic rings. The zero-order valence-electron chi connectivity index (χ0n) is 12.5. The highest BCUT2D eigenvalue weighted by molar-refractivity contribution is 9.10. The van der Waals surface area contributed by atoms with Gasteiger partial charge in [0.05, 0.1) is 12.7 Å². The van der Waals surface area contributed by atoms with E-state index in [2.05, 4.69) is 28.1 Å². The van der Waals surface area contributed by atoms with Gasteiger partial charge in [-0.3, -0.25) is 0 Å². The van der Waals surface area contributed by atoms with E-state index in [4.69, 9.17) is 4.74 Å². The van der Waals surface area contributed by atoms with Crippen molar-refractivity contribution in [2.75, 3.05) is 7.11 Å². The summed E-state index contributed by atoms with van der Waals surface area (Å²) < 4.78 is 6.16. The number of hydrogen-bond donors (Lipinski definition) is 1. The number of methoxy groups -OCH3 is 1. The molecule has 0 radical (unpaired) electrons. The van der Waals surface area contributed by atoms with Crippen LogP contribution in [-0.2, 0) is 12.0 Å². The minimum absolute atomic E-state index is 0.694.